The molecule has 1 aliphatic carbocycles. The normalized spacial score (nSPS) is 16.2. The Balaban J connectivity index is 1.77. The number of anilines is 1. The molecule has 0 aliphatic heterocycles. The summed E-state index contributed by atoms with van der Waals surface area (Å²) < 4.78 is 26.6. The molecule has 1 saturated carbocycles. The van der Waals surface area contributed by atoms with Crippen molar-refractivity contribution in [1.82, 2.24) is 4.72 Å². The van der Waals surface area contributed by atoms with Gasteiger partial charge < -0.3 is 5.32 Å². The van der Waals surface area contributed by atoms with Gasteiger partial charge in [-0.1, -0.05) is 31.4 Å². The van der Waals surface area contributed by atoms with Crippen molar-refractivity contribution in [2.45, 2.75) is 32.1 Å². The molecular weight excluding hydrogens is 318 g/mol. The van der Waals surface area contributed by atoms with Gasteiger partial charge in [0.2, 0.25) is 10.0 Å². The van der Waals surface area contributed by atoms with Gasteiger partial charge in [-0.25, -0.2) is 13.1 Å². The summed E-state index contributed by atoms with van der Waals surface area (Å²) in [5.74, 6) is 0.433. The van der Waals surface area contributed by atoms with E-state index in [2.05, 4.69) is 10.0 Å². The van der Waals surface area contributed by atoms with E-state index in [-0.39, 0.29) is 23.9 Å². The summed E-state index contributed by atoms with van der Waals surface area (Å²) >= 11 is 0. The molecule has 0 aromatic heterocycles. The molecule has 128 valence electrons. The van der Waals surface area contributed by atoms with Crippen LogP contribution in [0.4, 0.5) is 11.4 Å². The zero-order valence-corrected chi connectivity index (χ0v) is 13.8. The van der Waals surface area contributed by atoms with Crippen LogP contribution in [0.2, 0.25) is 0 Å². The lowest BCUT2D eigenvalue weighted by Crippen LogP contribution is -2.33. The van der Waals surface area contributed by atoms with Crippen molar-refractivity contribution in [3.63, 3.8) is 0 Å². The second-order valence-electron chi connectivity index (χ2n) is 5.88. The highest BCUT2D eigenvalue weighted by molar-refractivity contribution is 7.89. The number of nitrogens with one attached hydrogen (secondary N) is 2. The zero-order valence-electron chi connectivity index (χ0n) is 13.0. The van der Waals surface area contributed by atoms with Gasteiger partial charge in [0.1, 0.15) is 5.69 Å². The van der Waals surface area contributed by atoms with Crippen LogP contribution < -0.4 is 10.0 Å². The minimum absolute atomic E-state index is 0.0161. The Bertz CT molecular complexity index is 627. The summed E-state index contributed by atoms with van der Waals surface area (Å²) in [6.45, 7) is 0.510. The van der Waals surface area contributed by atoms with E-state index in [0.717, 1.165) is 25.7 Å². The van der Waals surface area contributed by atoms with Crippen molar-refractivity contribution in [2.75, 3.05) is 24.2 Å². The number of nitro benzene ring substituents is 1. The van der Waals surface area contributed by atoms with Crippen LogP contribution in [0.25, 0.3) is 0 Å². The van der Waals surface area contributed by atoms with Crippen molar-refractivity contribution in [3.8, 4) is 0 Å². The lowest BCUT2D eigenvalue weighted by molar-refractivity contribution is -0.384. The minimum atomic E-state index is -3.29. The highest BCUT2D eigenvalue weighted by atomic mass is 32.2. The summed E-state index contributed by atoms with van der Waals surface area (Å²) in [4.78, 5) is 10.4. The van der Waals surface area contributed by atoms with Gasteiger partial charge in [0.15, 0.2) is 0 Å². The summed E-state index contributed by atoms with van der Waals surface area (Å²) in [5.41, 5.74) is 0.376. The van der Waals surface area contributed by atoms with Crippen LogP contribution in [0.15, 0.2) is 24.3 Å². The second kappa shape index (κ2) is 8.26. The number of hydrogen-bond donors (Lipinski definition) is 2. The molecule has 2 N–H and O–H groups in total. The third-order valence-corrected chi connectivity index (χ3v) is 5.60. The number of para-hydroxylation sites is 2. The molecule has 23 heavy (non-hydrogen) atoms. The standard InChI is InChI=1S/C15H23N3O4S/c19-18(20)15-9-5-4-8-14(15)16-10-11-17-23(21,22)12-13-6-2-1-3-7-13/h4-5,8-9,13,16-17H,1-3,6-7,10-12H2. The van der Waals surface area contributed by atoms with Crippen LogP contribution in [0, 0.1) is 16.0 Å². The molecule has 0 spiro atoms. The van der Waals surface area contributed by atoms with E-state index in [0.29, 0.717) is 12.2 Å². The van der Waals surface area contributed by atoms with Gasteiger partial charge in [-0.2, -0.15) is 0 Å². The molecule has 0 saturated heterocycles. The van der Waals surface area contributed by atoms with Crippen LogP contribution >= 0.6 is 0 Å². The van der Waals surface area contributed by atoms with Crippen LogP contribution in [0.1, 0.15) is 32.1 Å². The van der Waals surface area contributed by atoms with Crippen molar-refractivity contribution in [3.05, 3.63) is 34.4 Å². The maximum Gasteiger partial charge on any atom is 0.292 e. The molecule has 0 radical (unpaired) electrons. The molecule has 0 atom stereocenters. The maximum atomic E-state index is 12.0. The van der Waals surface area contributed by atoms with Crippen LogP contribution in [0.5, 0.6) is 0 Å². The van der Waals surface area contributed by atoms with Crippen LogP contribution in [-0.2, 0) is 10.0 Å². The van der Waals surface area contributed by atoms with Gasteiger partial charge in [-0.3, -0.25) is 10.1 Å². The summed E-state index contributed by atoms with van der Waals surface area (Å²) in [5, 5.41) is 13.8. The van der Waals surface area contributed by atoms with E-state index in [9.17, 15) is 18.5 Å². The van der Waals surface area contributed by atoms with Crippen molar-refractivity contribution in [2.24, 2.45) is 5.92 Å². The topological polar surface area (TPSA) is 101 Å². The molecule has 0 unspecified atom stereocenters. The quantitative estimate of drug-likeness (QED) is 0.430. The molecule has 2 rings (SSSR count). The average Bonchev–Trinajstić information content (AvgIpc) is 2.52. The Hall–Kier alpha value is -1.67. The molecular formula is C15H23N3O4S. The molecule has 1 aromatic carbocycles. The number of rotatable bonds is 8. The van der Waals surface area contributed by atoms with E-state index < -0.39 is 14.9 Å². The molecule has 8 heteroatoms. The van der Waals surface area contributed by atoms with Gasteiger partial charge >= 0.3 is 0 Å². The second-order valence-corrected chi connectivity index (χ2v) is 7.73. The van der Waals surface area contributed by atoms with E-state index in [1.807, 2.05) is 0 Å². The van der Waals surface area contributed by atoms with Gasteiger partial charge in [-0.05, 0) is 24.8 Å². The highest BCUT2D eigenvalue weighted by Gasteiger charge is 2.21. The summed E-state index contributed by atoms with van der Waals surface area (Å²) in [6, 6.07) is 6.31. The Morgan fingerprint density at radius 3 is 2.52 bits per heavy atom. The van der Waals surface area contributed by atoms with E-state index in [1.165, 1.54) is 12.5 Å². The van der Waals surface area contributed by atoms with Crippen molar-refractivity contribution >= 4 is 21.4 Å². The first kappa shape index (κ1) is 17.7. The SMILES string of the molecule is O=[N+]([O-])c1ccccc1NCCNS(=O)(=O)CC1CCCCC1. The Kier molecular flexibility index (Phi) is 6.35. The van der Waals surface area contributed by atoms with Crippen molar-refractivity contribution in [1.29, 1.82) is 0 Å². The molecule has 7 nitrogen and oxygen atoms in total. The predicted molar refractivity (Wildman–Crippen MR) is 90.0 cm³/mol. The molecule has 0 heterocycles. The first-order valence-electron chi connectivity index (χ1n) is 7.92. The fourth-order valence-electron chi connectivity index (χ4n) is 2.91. The lowest BCUT2D eigenvalue weighted by atomic mass is 9.91. The molecule has 1 aromatic rings. The zero-order chi connectivity index (χ0) is 16.7. The molecule has 1 fully saturated rings. The largest absolute Gasteiger partial charge is 0.378 e. The number of sulfonamides is 1. The number of nitrogens with zero attached hydrogens (tertiary/aromatic N) is 1. The number of hydrogen-bond acceptors (Lipinski definition) is 5. The Morgan fingerprint density at radius 2 is 1.83 bits per heavy atom. The minimum Gasteiger partial charge on any atom is -0.378 e. The summed E-state index contributed by atoms with van der Waals surface area (Å²) in [6.07, 6.45) is 5.38. The van der Waals surface area contributed by atoms with Crippen LogP contribution in [0.3, 0.4) is 0 Å². The van der Waals surface area contributed by atoms with E-state index >= 15 is 0 Å². The van der Waals surface area contributed by atoms with Gasteiger partial charge in [0.25, 0.3) is 5.69 Å². The van der Waals surface area contributed by atoms with Crippen molar-refractivity contribution < 1.29 is 13.3 Å². The van der Waals surface area contributed by atoms with E-state index in [1.54, 1.807) is 18.2 Å². The predicted octanol–water partition coefficient (Wildman–Crippen LogP) is 2.51. The fourth-order valence-corrected chi connectivity index (χ4v) is 4.39. The van der Waals surface area contributed by atoms with Gasteiger partial charge in [0.05, 0.1) is 10.7 Å². The average molecular weight is 341 g/mol. The number of benzene rings is 1. The Morgan fingerprint density at radius 1 is 1.13 bits per heavy atom. The Labute approximate surface area is 136 Å². The highest BCUT2D eigenvalue weighted by Crippen LogP contribution is 2.25. The maximum absolute atomic E-state index is 12.0. The first-order valence-corrected chi connectivity index (χ1v) is 9.58. The number of nitro groups is 1. The lowest BCUT2D eigenvalue weighted by Gasteiger charge is -2.21. The third-order valence-electron chi connectivity index (χ3n) is 4.04. The van der Waals surface area contributed by atoms with E-state index in [4.69, 9.17) is 0 Å². The summed E-state index contributed by atoms with van der Waals surface area (Å²) in [7, 11) is -3.29. The molecule has 0 amide bonds. The first-order chi connectivity index (χ1) is 11.0. The smallest absolute Gasteiger partial charge is 0.292 e. The fraction of sp³-hybridized carbons (Fsp3) is 0.600. The van der Waals surface area contributed by atoms with Crippen LogP contribution in [-0.4, -0.2) is 32.2 Å². The van der Waals surface area contributed by atoms with Gasteiger partial charge in [0, 0.05) is 19.2 Å². The van der Waals surface area contributed by atoms with Gasteiger partial charge in [-0.15, -0.1) is 0 Å². The monoisotopic (exact) mass is 341 g/mol. The molecule has 0 bridgehead atoms. The third kappa shape index (κ3) is 5.80. The molecule has 1 aliphatic rings.